The Hall–Kier alpha value is -6.77. The van der Waals surface area contributed by atoms with E-state index < -0.39 is 60.1 Å². The van der Waals surface area contributed by atoms with Crippen molar-refractivity contribution in [2.45, 2.75) is 103 Å². The highest BCUT2D eigenvalue weighted by molar-refractivity contribution is 7.87. The van der Waals surface area contributed by atoms with E-state index in [-0.39, 0.29) is 76.2 Å². The van der Waals surface area contributed by atoms with Crippen molar-refractivity contribution in [1.29, 1.82) is 0 Å². The third-order valence-corrected chi connectivity index (χ3v) is 13.7. The monoisotopic (exact) mass is 989 g/mol. The van der Waals surface area contributed by atoms with E-state index in [1.54, 1.807) is 12.1 Å². The Kier molecular flexibility index (Phi) is 17.0. The van der Waals surface area contributed by atoms with Crippen molar-refractivity contribution in [3.63, 3.8) is 0 Å². The molecule has 5 aromatic carbocycles. The number of ether oxygens (including phenoxy) is 2. The fraction of sp³-hybridized carbons (Fsp3) is 0.367. The van der Waals surface area contributed by atoms with E-state index in [9.17, 15) is 46.0 Å². The summed E-state index contributed by atoms with van der Waals surface area (Å²) >= 11 is 0. The lowest BCUT2D eigenvalue weighted by molar-refractivity contribution is -0.116. The Morgan fingerprint density at radius 2 is 1.33 bits per heavy atom. The van der Waals surface area contributed by atoms with Crippen LogP contribution in [0.15, 0.2) is 94.0 Å². The molecule has 18 nitrogen and oxygen atoms in total. The van der Waals surface area contributed by atoms with Gasteiger partial charge in [0, 0.05) is 43.4 Å². The van der Waals surface area contributed by atoms with Crippen molar-refractivity contribution in [2.75, 3.05) is 34.9 Å². The highest BCUT2D eigenvalue weighted by atomic mass is 32.2. The first-order valence-corrected chi connectivity index (χ1v) is 25.2. The molecule has 0 aromatic heterocycles. The molecule has 5 aromatic rings. The Balaban J connectivity index is 1.17. The smallest absolute Gasteiger partial charge is 0.309 e. The number of aromatic hydroxyl groups is 2. The van der Waals surface area contributed by atoms with Gasteiger partial charge in [-0.15, -0.1) is 5.11 Å². The number of fused-ring (bicyclic) bond motifs is 1. The predicted octanol–water partition coefficient (Wildman–Crippen LogP) is 10.2. The van der Waals surface area contributed by atoms with E-state index in [1.165, 1.54) is 49.7 Å². The SMILES string of the molecule is CCC(C)(C)c1ccc(OCCCC(=O)Nc2cc(OS(=O)(=O)CCCOc3ccc(N=Nc4ccc5c(S(=O)(=O)O)ccc(NC(C)=O)c5c4O)cc3)c(NC(C)=O)cc2O)c(C(C)(C)CC)c1. The van der Waals surface area contributed by atoms with Gasteiger partial charge in [-0.3, -0.25) is 18.9 Å². The molecule has 20 heteroatoms. The Morgan fingerprint density at radius 1 is 0.681 bits per heavy atom. The fourth-order valence-electron chi connectivity index (χ4n) is 6.97. The maximum absolute atomic E-state index is 13.2. The van der Waals surface area contributed by atoms with Gasteiger partial charge in [-0.1, -0.05) is 59.7 Å². The van der Waals surface area contributed by atoms with Gasteiger partial charge in [0.25, 0.3) is 10.1 Å². The topological polar surface area (TPSA) is 269 Å². The third-order valence-electron chi connectivity index (χ3n) is 11.6. The first-order chi connectivity index (χ1) is 32.3. The maximum Gasteiger partial charge on any atom is 0.309 e. The zero-order valence-corrected chi connectivity index (χ0v) is 41.4. The van der Waals surface area contributed by atoms with Crippen molar-refractivity contribution in [3.8, 4) is 28.7 Å². The standard InChI is InChI=1S/C49H59N5O13S2/c1-9-48(5,6)32-14-22-42(36(27-32)49(7,8)10-2)66-24-11-13-45(58)52-39-29-43(40(28-41(39)57)51-31(4)56)67-68(60,61)26-12-25-65-34-17-15-33(16-18-34)53-54-38-20-19-35-44(69(62,63)64)23-21-37(50-30(3)55)46(35)47(38)59/h14-23,27-29,57,59H,9-13,24-26H2,1-8H3,(H,50,55)(H,51,56)(H,52,58)(H,62,63,64). The van der Waals surface area contributed by atoms with Crippen LogP contribution in [0.5, 0.6) is 28.7 Å². The minimum atomic E-state index is -4.68. The second kappa shape index (κ2) is 22.1. The van der Waals surface area contributed by atoms with Crippen LogP contribution in [0.1, 0.15) is 98.6 Å². The molecule has 0 aliphatic rings. The van der Waals surface area contributed by atoms with Crippen molar-refractivity contribution in [1.82, 2.24) is 0 Å². The predicted molar refractivity (Wildman–Crippen MR) is 264 cm³/mol. The zero-order valence-electron chi connectivity index (χ0n) is 39.8. The van der Waals surface area contributed by atoms with Crippen LogP contribution in [-0.4, -0.2) is 68.3 Å². The fourth-order valence-corrected chi connectivity index (χ4v) is 8.62. The first-order valence-electron chi connectivity index (χ1n) is 22.2. The summed E-state index contributed by atoms with van der Waals surface area (Å²) in [4.78, 5) is 36.3. The number of nitrogens with zero attached hydrogens (tertiary/aromatic N) is 2. The molecule has 6 N–H and O–H groups in total. The van der Waals surface area contributed by atoms with Gasteiger partial charge in [-0.2, -0.15) is 21.9 Å². The molecular weight excluding hydrogens is 931 g/mol. The third kappa shape index (κ3) is 14.1. The van der Waals surface area contributed by atoms with Crippen LogP contribution in [-0.2, 0) is 45.4 Å². The average molecular weight is 990 g/mol. The number of nitrogens with one attached hydrogen (secondary N) is 3. The molecule has 0 bridgehead atoms. The lowest BCUT2D eigenvalue weighted by atomic mass is 9.76. The molecule has 0 heterocycles. The Labute approximate surface area is 402 Å². The molecule has 0 atom stereocenters. The van der Waals surface area contributed by atoms with Gasteiger partial charge < -0.3 is 39.8 Å². The number of amides is 3. The zero-order chi connectivity index (χ0) is 50.9. The first kappa shape index (κ1) is 53.2. The van der Waals surface area contributed by atoms with Crippen LogP contribution in [0.25, 0.3) is 10.8 Å². The van der Waals surface area contributed by atoms with Crippen LogP contribution >= 0.6 is 0 Å². The van der Waals surface area contributed by atoms with Crippen molar-refractivity contribution in [3.05, 3.63) is 90.0 Å². The summed E-state index contributed by atoms with van der Waals surface area (Å²) < 4.78 is 77.2. The van der Waals surface area contributed by atoms with Crippen LogP contribution in [0.4, 0.5) is 28.4 Å². The molecule has 0 aliphatic carbocycles. The molecule has 0 radical (unpaired) electrons. The van der Waals surface area contributed by atoms with Crippen molar-refractivity contribution in [2.24, 2.45) is 10.2 Å². The number of hydrogen-bond acceptors (Lipinski definition) is 14. The summed E-state index contributed by atoms with van der Waals surface area (Å²) in [6, 6.07) is 19.5. The number of phenols is 2. The quantitative estimate of drug-likeness (QED) is 0.0124. The minimum Gasteiger partial charge on any atom is -0.506 e. The molecule has 370 valence electrons. The van der Waals surface area contributed by atoms with Crippen molar-refractivity contribution >= 4 is 77.2 Å². The van der Waals surface area contributed by atoms with Gasteiger partial charge in [0.05, 0.1) is 47.1 Å². The second-order valence-electron chi connectivity index (χ2n) is 17.6. The molecule has 69 heavy (non-hydrogen) atoms. The van der Waals surface area contributed by atoms with E-state index in [1.807, 2.05) is 6.07 Å². The number of rotatable bonds is 22. The highest BCUT2D eigenvalue weighted by Crippen LogP contribution is 2.43. The van der Waals surface area contributed by atoms with Crippen molar-refractivity contribution < 1.29 is 59.6 Å². The molecule has 3 amide bonds. The van der Waals surface area contributed by atoms with Crippen LogP contribution in [0.2, 0.25) is 0 Å². The van der Waals surface area contributed by atoms with E-state index in [2.05, 4.69) is 79.9 Å². The lowest BCUT2D eigenvalue weighted by Crippen LogP contribution is -2.21. The second-order valence-corrected chi connectivity index (χ2v) is 20.7. The van der Waals surface area contributed by atoms with Crippen LogP contribution in [0.3, 0.4) is 0 Å². The molecular formula is C49H59N5O13S2. The van der Waals surface area contributed by atoms with Gasteiger partial charge in [0.2, 0.25) is 17.7 Å². The Bertz CT molecular complexity index is 2970. The van der Waals surface area contributed by atoms with E-state index >= 15 is 0 Å². The summed E-state index contributed by atoms with van der Waals surface area (Å²) in [6.45, 7) is 15.7. The minimum absolute atomic E-state index is 0.00368. The summed E-state index contributed by atoms with van der Waals surface area (Å²) in [5, 5.41) is 37.3. The molecule has 0 aliphatic heterocycles. The van der Waals surface area contributed by atoms with Gasteiger partial charge >= 0.3 is 10.1 Å². The number of carbonyl (C=O) groups is 3. The van der Waals surface area contributed by atoms with E-state index in [4.69, 9.17) is 13.7 Å². The Morgan fingerprint density at radius 3 is 1.97 bits per heavy atom. The maximum atomic E-state index is 13.2. The number of carbonyl (C=O) groups excluding carboxylic acids is 3. The summed E-state index contributed by atoms with van der Waals surface area (Å²) in [7, 11) is -8.99. The molecule has 5 rings (SSSR count). The van der Waals surface area contributed by atoms with E-state index in [0.29, 0.717) is 17.9 Å². The van der Waals surface area contributed by atoms with Gasteiger partial charge in [0.1, 0.15) is 27.8 Å². The summed E-state index contributed by atoms with van der Waals surface area (Å²) in [6.07, 6.45) is 2.21. The summed E-state index contributed by atoms with van der Waals surface area (Å²) in [5.74, 6) is -2.20. The number of hydrogen-bond donors (Lipinski definition) is 6. The highest BCUT2D eigenvalue weighted by Gasteiger charge is 2.27. The van der Waals surface area contributed by atoms with Gasteiger partial charge in [-0.25, -0.2) is 0 Å². The lowest BCUT2D eigenvalue weighted by Gasteiger charge is -2.30. The van der Waals surface area contributed by atoms with Crippen LogP contribution < -0.4 is 29.6 Å². The largest absolute Gasteiger partial charge is 0.506 e. The number of anilines is 3. The van der Waals surface area contributed by atoms with Gasteiger partial charge in [0.15, 0.2) is 11.5 Å². The summed E-state index contributed by atoms with van der Waals surface area (Å²) in [5.41, 5.74) is 2.22. The average Bonchev–Trinajstić information content (AvgIpc) is 3.27. The molecule has 0 unspecified atom stereocenters. The van der Waals surface area contributed by atoms with E-state index in [0.717, 1.165) is 42.4 Å². The van der Waals surface area contributed by atoms with Gasteiger partial charge in [-0.05, 0) is 90.6 Å². The number of phenolic OH excluding ortho intramolecular Hbond substituents is 2. The number of azo groups is 1. The normalized spacial score (nSPS) is 12.2. The number of benzene rings is 5. The molecule has 0 spiro atoms. The molecule has 0 saturated carbocycles. The molecule has 0 fully saturated rings. The van der Waals surface area contributed by atoms with Crippen LogP contribution in [0, 0.1) is 0 Å². The molecule has 0 saturated heterocycles.